The summed E-state index contributed by atoms with van der Waals surface area (Å²) in [6.07, 6.45) is 6.09. The van der Waals surface area contributed by atoms with Gasteiger partial charge >= 0.3 is 0 Å². The topological polar surface area (TPSA) is 68.4 Å². The quantitative estimate of drug-likeness (QED) is 0.819. The van der Waals surface area contributed by atoms with Crippen LogP contribution in [-0.2, 0) is 0 Å². The monoisotopic (exact) mass is 264 g/mol. The number of aliphatic hydroxyl groups is 1. The summed E-state index contributed by atoms with van der Waals surface area (Å²) in [5, 5.41) is 10.7. The molecule has 4 heteroatoms. The number of pyridine rings is 1. The summed E-state index contributed by atoms with van der Waals surface area (Å²) in [6, 6.07) is 5.51. The van der Waals surface area contributed by atoms with Crippen molar-refractivity contribution in [2.45, 2.75) is 44.6 Å². The van der Waals surface area contributed by atoms with Crippen LogP contribution in [0.1, 0.15) is 50.3 Å². The number of hydrogen-bond donors (Lipinski definition) is 2. The summed E-state index contributed by atoms with van der Waals surface area (Å²) >= 11 is 0. The van der Waals surface area contributed by atoms with E-state index in [9.17, 15) is 5.11 Å². The fourth-order valence-corrected chi connectivity index (χ4v) is 3.03. The molecule has 2 rings (SSSR count). The van der Waals surface area contributed by atoms with Crippen molar-refractivity contribution in [3.05, 3.63) is 23.9 Å². The van der Waals surface area contributed by atoms with E-state index < -0.39 is 6.10 Å². The van der Waals surface area contributed by atoms with Crippen LogP contribution in [-0.4, -0.2) is 23.7 Å². The smallest absolute Gasteiger partial charge is 0.213 e. The van der Waals surface area contributed by atoms with E-state index in [4.69, 9.17) is 10.5 Å². The standard InChI is InChI=1S/C15H24N2O2/c1-19-13-8-6-7-12(17-13)14(18)15(11-16)9-4-2-3-5-10-15/h6-8,14,18H,2-5,9-11,16H2,1H3. The van der Waals surface area contributed by atoms with Crippen molar-refractivity contribution in [3.8, 4) is 5.88 Å². The molecule has 0 aromatic carbocycles. The van der Waals surface area contributed by atoms with Crippen LogP contribution in [0.3, 0.4) is 0 Å². The lowest BCUT2D eigenvalue weighted by molar-refractivity contribution is 0.0132. The van der Waals surface area contributed by atoms with Crippen LogP contribution in [0, 0.1) is 5.41 Å². The van der Waals surface area contributed by atoms with E-state index in [2.05, 4.69) is 4.98 Å². The van der Waals surface area contributed by atoms with Gasteiger partial charge in [-0.2, -0.15) is 0 Å². The maximum atomic E-state index is 10.7. The molecule has 1 heterocycles. The van der Waals surface area contributed by atoms with Gasteiger partial charge in [0, 0.05) is 18.0 Å². The van der Waals surface area contributed by atoms with Gasteiger partial charge in [0.15, 0.2) is 0 Å². The fourth-order valence-electron chi connectivity index (χ4n) is 3.03. The molecule has 106 valence electrons. The van der Waals surface area contributed by atoms with Crippen molar-refractivity contribution in [2.24, 2.45) is 11.1 Å². The van der Waals surface area contributed by atoms with E-state index in [0.29, 0.717) is 18.1 Å². The third-order valence-corrected chi connectivity index (χ3v) is 4.32. The molecule has 0 radical (unpaired) electrons. The molecule has 1 aromatic heterocycles. The number of nitrogens with two attached hydrogens (primary N) is 1. The second-order valence-corrected chi connectivity index (χ2v) is 5.49. The zero-order valence-electron chi connectivity index (χ0n) is 11.6. The summed E-state index contributed by atoms with van der Waals surface area (Å²) in [4.78, 5) is 4.36. The zero-order chi connectivity index (χ0) is 13.7. The number of methoxy groups -OCH3 is 1. The first-order valence-electron chi connectivity index (χ1n) is 7.11. The highest BCUT2D eigenvalue weighted by atomic mass is 16.5. The summed E-state index contributed by atoms with van der Waals surface area (Å²) in [7, 11) is 1.59. The Morgan fingerprint density at radius 3 is 2.58 bits per heavy atom. The van der Waals surface area contributed by atoms with Crippen LogP contribution in [0.15, 0.2) is 18.2 Å². The van der Waals surface area contributed by atoms with Crippen molar-refractivity contribution in [2.75, 3.05) is 13.7 Å². The molecule has 1 aliphatic carbocycles. The Bertz CT molecular complexity index is 401. The Hall–Kier alpha value is -1.13. The number of hydrogen-bond acceptors (Lipinski definition) is 4. The van der Waals surface area contributed by atoms with Crippen molar-refractivity contribution in [1.29, 1.82) is 0 Å². The number of ether oxygens (including phenoxy) is 1. The highest BCUT2D eigenvalue weighted by Gasteiger charge is 2.38. The zero-order valence-corrected chi connectivity index (χ0v) is 11.6. The Morgan fingerprint density at radius 2 is 2.00 bits per heavy atom. The molecular formula is C15H24N2O2. The lowest BCUT2D eigenvalue weighted by atomic mass is 9.74. The van der Waals surface area contributed by atoms with Crippen LogP contribution in [0.4, 0.5) is 0 Å². The maximum Gasteiger partial charge on any atom is 0.213 e. The highest BCUT2D eigenvalue weighted by molar-refractivity contribution is 5.19. The highest BCUT2D eigenvalue weighted by Crippen LogP contribution is 2.43. The minimum atomic E-state index is -0.606. The first-order valence-corrected chi connectivity index (χ1v) is 7.11. The Balaban J connectivity index is 2.25. The Kier molecular flexibility index (Phi) is 4.77. The van der Waals surface area contributed by atoms with Gasteiger partial charge in [-0.25, -0.2) is 4.98 Å². The SMILES string of the molecule is COc1cccc(C(O)C2(CN)CCCCCC2)n1. The molecule has 1 fully saturated rings. The summed E-state index contributed by atoms with van der Waals surface area (Å²) in [6.45, 7) is 0.507. The van der Waals surface area contributed by atoms with Gasteiger partial charge in [0.25, 0.3) is 0 Å². The molecule has 0 bridgehead atoms. The van der Waals surface area contributed by atoms with Gasteiger partial charge in [-0.05, 0) is 18.9 Å². The number of nitrogens with zero attached hydrogens (tertiary/aromatic N) is 1. The average molecular weight is 264 g/mol. The van der Waals surface area contributed by atoms with E-state index in [1.54, 1.807) is 13.2 Å². The molecule has 19 heavy (non-hydrogen) atoms. The maximum absolute atomic E-state index is 10.7. The second-order valence-electron chi connectivity index (χ2n) is 5.49. The van der Waals surface area contributed by atoms with Crippen LogP contribution < -0.4 is 10.5 Å². The average Bonchev–Trinajstić information content (AvgIpc) is 2.73. The van der Waals surface area contributed by atoms with Crippen LogP contribution in [0.25, 0.3) is 0 Å². The van der Waals surface area contributed by atoms with Gasteiger partial charge in [0.05, 0.1) is 12.8 Å². The minimum Gasteiger partial charge on any atom is -0.481 e. The molecule has 1 aliphatic rings. The Labute approximate surface area is 115 Å². The van der Waals surface area contributed by atoms with E-state index in [0.717, 1.165) is 25.7 Å². The van der Waals surface area contributed by atoms with Gasteiger partial charge in [-0.15, -0.1) is 0 Å². The number of aliphatic hydroxyl groups excluding tert-OH is 1. The first-order chi connectivity index (χ1) is 9.22. The largest absolute Gasteiger partial charge is 0.481 e. The fraction of sp³-hybridized carbons (Fsp3) is 0.667. The van der Waals surface area contributed by atoms with Crippen LogP contribution in [0.5, 0.6) is 5.88 Å². The molecule has 0 saturated heterocycles. The molecule has 0 amide bonds. The van der Waals surface area contributed by atoms with Crippen molar-refractivity contribution in [1.82, 2.24) is 4.98 Å². The minimum absolute atomic E-state index is 0.226. The van der Waals surface area contributed by atoms with E-state index in [1.807, 2.05) is 12.1 Å². The van der Waals surface area contributed by atoms with E-state index in [1.165, 1.54) is 12.8 Å². The molecule has 3 N–H and O–H groups in total. The Morgan fingerprint density at radius 1 is 1.32 bits per heavy atom. The van der Waals surface area contributed by atoms with Crippen molar-refractivity contribution in [3.63, 3.8) is 0 Å². The molecule has 1 atom stereocenters. The lowest BCUT2D eigenvalue weighted by Gasteiger charge is -2.36. The lowest BCUT2D eigenvalue weighted by Crippen LogP contribution is -2.36. The number of rotatable bonds is 4. The van der Waals surface area contributed by atoms with Gasteiger partial charge in [-0.3, -0.25) is 0 Å². The van der Waals surface area contributed by atoms with Gasteiger partial charge in [0.2, 0.25) is 5.88 Å². The third kappa shape index (κ3) is 3.07. The van der Waals surface area contributed by atoms with E-state index >= 15 is 0 Å². The molecule has 4 nitrogen and oxygen atoms in total. The summed E-state index contributed by atoms with van der Waals surface area (Å²) in [5.41, 5.74) is 6.44. The van der Waals surface area contributed by atoms with Crippen molar-refractivity contribution < 1.29 is 9.84 Å². The predicted molar refractivity (Wildman–Crippen MR) is 74.9 cm³/mol. The normalized spacial score (nSPS) is 20.6. The number of aromatic nitrogens is 1. The van der Waals surface area contributed by atoms with Gasteiger partial charge < -0.3 is 15.6 Å². The first kappa shape index (κ1) is 14.3. The predicted octanol–water partition coefficient (Wildman–Crippen LogP) is 2.42. The van der Waals surface area contributed by atoms with Crippen LogP contribution in [0.2, 0.25) is 0 Å². The molecule has 0 aliphatic heterocycles. The molecule has 0 spiro atoms. The van der Waals surface area contributed by atoms with Gasteiger partial charge in [-0.1, -0.05) is 31.7 Å². The molecule has 1 aromatic rings. The molecule has 1 saturated carbocycles. The summed E-state index contributed by atoms with van der Waals surface area (Å²) < 4.78 is 5.13. The molecular weight excluding hydrogens is 240 g/mol. The van der Waals surface area contributed by atoms with Crippen molar-refractivity contribution >= 4 is 0 Å². The third-order valence-electron chi connectivity index (χ3n) is 4.32. The van der Waals surface area contributed by atoms with E-state index in [-0.39, 0.29) is 5.41 Å². The molecule has 1 unspecified atom stereocenters. The summed E-state index contributed by atoms with van der Waals surface area (Å²) in [5.74, 6) is 0.539. The van der Waals surface area contributed by atoms with Gasteiger partial charge in [0.1, 0.15) is 6.10 Å². The van der Waals surface area contributed by atoms with Crippen LogP contribution >= 0.6 is 0 Å². The second kappa shape index (κ2) is 6.35.